The van der Waals surface area contributed by atoms with Crippen molar-refractivity contribution in [3.8, 4) is 0 Å². The molecule has 2 atom stereocenters. The molecule has 1 N–H and O–H groups in total. The molecular weight excluding hydrogens is 284 g/mol. The lowest BCUT2D eigenvalue weighted by Crippen LogP contribution is -2.51. The van der Waals surface area contributed by atoms with Crippen LogP contribution in [0.25, 0.3) is 0 Å². The first-order valence-electron chi connectivity index (χ1n) is 7.74. The fraction of sp³-hybridized carbons (Fsp3) is 0.800. The van der Waals surface area contributed by atoms with Gasteiger partial charge in [0, 0.05) is 13.1 Å². The van der Waals surface area contributed by atoms with Crippen LogP contribution in [0.2, 0.25) is 0 Å². The fourth-order valence-corrected chi connectivity index (χ4v) is 2.46. The topological polar surface area (TPSA) is 80.5 Å². The van der Waals surface area contributed by atoms with Crippen LogP contribution in [-0.4, -0.2) is 46.9 Å². The molecule has 0 unspecified atom stereocenters. The van der Waals surface area contributed by atoms with E-state index in [0.717, 1.165) is 6.42 Å². The Kier molecular flexibility index (Phi) is 5.05. The number of ether oxygens (including phenoxy) is 1. The highest BCUT2D eigenvalue weighted by molar-refractivity contribution is 5.74. The van der Waals surface area contributed by atoms with Gasteiger partial charge in [0.05, 0.1) is 12.7 Å². The van der Waals surface area contributed by atoms with E-state index in [2.05, 4.69) is 36.2 Å². The van der Waals surface area contributed by atoms with Crippen molar-refractivity contribution in [2.45, 2.75) is 53.2 Å². The van der Waals surface area contributed by atoms with Crippen LogP contribution in [0.4, 0.5) is 4.79 Å². The van der Waals surface area contributed by atoms with Gasteiger partial charge in [-0.1, -0.05) is 25.9 Å². The zero-order valence-electron chi connectivity index (χ0n) is 14.0. The second-order valence-electron chi connectivity index (χ2n) is 6.94. The molecule has 7 heteroatoms. The molecule has 2 rings (SSSR count). The van der Waals surface area contributed by atoms with Crippen LogP contribution in [0.15, 0.2) is 4.52 Å². The van der Waals surface area contributed by atoms with E-state index in [4.69, 9.17) is 9.26 Å². The Labute approximate surface area is 131 Å². The largest absolute Gasteiger partial charge is 0.374 e. The molecule has 1 saturated heterocycles. The third kappa shape index (κ3) is 4.19. The van der Waals surface area contributed by atoms with Gasteiger partial charge in [-0.05, 0) is 25.7 Å². The Balaban J connectivity index is 2.04. The Morgan fingerprint density at radius 2 is 2.18 bits per heavy atom. The molecule has 0 saturated carbocycles. The third-order valence-electron chi connectivity index (χ3n) is 3.70. The van der Waals surface area contributed by atoms with Gasteiger partial charge in [-0.2, -0.15) is 4.98 Å². The molecule has 1 aliphatic rings. The molecule has 1 aromatic rings. The van der Waals surface area contributed by atoms with Gasteiger partial charge in [0.25, 0.3) is 5.89 Å². The van der Waals surface area contributed by atoms with Gasteiger partial charge >= 0.3 is 6.03 Å². The molecule has 1 fully saturated rings. The molecule has 7 nitrogen and oxygen atoms in total. The van der Waals surface area contributed by atoms with Crippen molar-refractivity contribution in [2.24, 2.45) is 5.41 Å². The normalized spacial score (nSPS) is 22.7. The maximum atomic E-state index is 12.5. The summed E-state index contributed by atoms with van der Waals surface area (Å²) in [5.41, 5.74) is 0.189. The minimum Gasteiger partial charge on any atom is -0.374 e. The first-order chi connectivity index (χ1) is 10.3. The first kappa shape index (κ1) is 16.7. The third-order valence-corrected chi connectivity index (χ3v) is 3.70. The number of morpholine rings is 1. The maximum Gasteiger partial charge on any atom is 0.318 e. The lowest BCUT2D eigenvalue weighted by atomic mass is 9.92. The molecule has 2 heterocycles. The predicted molar refractivity (Wildman–Crippen MR) is 81.4 cm³/mol. The molecule has 0 radical (unpaired) electrons. The van der Waals surface area contributed by atoms with Crippen LogP contribution in [0.3, 0.4) is 0 Å². The van der Waals surface area contributed by atoms with Crippen molar-refractivity contribution in [1.29, 1.82) is 0 Å². The highest BCUT2D eigenvalue weighted by Crippen LogP contribution is 2.28. The smallest absolute Gasteiger partial charge is 0.318 e. The number of nitrogens with zero attached hydrogens (tertiary/aromatic N) is 3. The average Bonchev–Trinajstić information content (AvgIpc) is 2.83. The van der Waals surface area contributed by atoms with Crippen LogP contribution < -0.4 is 5.32 Å². The minimum atomic E-state index is -0.343. The number of carbonyl (C=O) groups is 1. The molecule has 0 spiro atoms. The van der Waals surface area contributed by atoms with Crippen LogP contribution in [0, 0.1) is 12.3 Å². The van der Waals surface area contributed by atoms with Gasteiger partial charge in [0.2, 0.25) is 0 Å². The molecule has 2 amide bonds. The number of aryl methyl sites for hydroxylation is 1. The summed E-state index contributed by atoms with van der Waals surface area (Å²) in [4.78, 5) is 18.5. The van der Waals surface area contributed by atoms with E-state index in [1.807, 2.05) is 6.92 Å². The quantitative estimate of drug-likeness (QED) is 0.926. The lowest BCUT2D eigenvalue weighted by Gasteiger charge is -2.37. The first-order valence-corrected chi connectivity index (χ1v) is 7.74. The second kappa shape index (κ2) is 6.64. The van der Waals surface area contributed by atoms with Crippen molar-refractivity contribution in [1.82, 2.24) is 20.4 Å². The van der Waals surface area contributed by atoms with Crippen LogP contribution in [0.5, 0.6) is 0 Å². The van der Waals surface area contributed by atoms with Crippen LogP contribution >= 0.6 is 0 Å². The van der Waals surface area contributed by atoms with Gasteiger partial charge in [0.1, 0.15) is 6.04 Å². The van der Waals surface area contributed by atoms with E-state index in [1.165, 1.54) is 0 Å². The SMILES string of the molecule is Cc1noc([C@@H]2[C@@H](C)OCCN2C(=O)NCCC(C)(C)C)n1. The van der Waals surface area contributed by atoms with Gasteiger partial charge in [-0.3, -0.25) is 0 Å². The van der Waals surface area contributed by atoms with Gasteiger partial charge in [0.15, 0.2) is 5.82 Å². The molecule has 0 aromatic carbocycles. The van der Waals surface area contributed by atoms with Crippen molar-refractivity contribution in [3.05, 3.63) is 11.7 Å². The summed E-state index contributed by atoms with van der Waals surface area (Å²) in [7, 11) is 0. The molecular formula is C15H26N4O3. The minimum absolute atomic E-state index is 0.111. The number of rotatable bonds is 3. The number of urea groups is 1. The maximum absolute atomic E-state index is 12.5. The molecule has 124 valence electrons. The van der Waals surface area contributed by atoms with Gasteiger partial charge in [-0.15, -0.1) is 0 Å². The summed E-state index contributed by atoms with van der Waals surface area (Å²) in [6.07, 6.45) is 0.741. The highest BCUT2D eigenvalue weighted by atomic mass is 16.5. The van der Waals surface area contributed by atoms with Gasteiger partial charge in [-0.25, -0.2) is 4.79 Å². The van der Waals surface area contributed by atoms with Gasteiger partial charge < -0.3 is 19.5 Å². The zero-order chi connectivity index (χ0) is 16.3. The van der Waals surface area contributed by atoms with Crippen molar-refractivity contribution >= 4 is 6.03 Å². The van der Waals surface area contributed by atoms with Crippen molar-refractivity contribution in [2.75, 3.05) is 19.7 Å². The lowest BCUT2D eigenvalue weighted by molar-refractivity contribution is -0.0546. The summed E-state index contributed by atoms with van der Waals surface area (Å²) in [5, 5.41) is 6.79. The van der Waals surface area contributed by atoms with Crippen LogP contribution in [-0.2, 0) is 4.74 Å². The van der Waals surface area contributed by atoms with E-state index in [1.54, 1.807) is 11.8 Å². The summed E-state index contributed by atoms with van der Waals surface area (Å²) in [6.45, 7) is 11.8. The zero-order valence-corrected chi connectivity index (χ0v) is 14.0. The van der Waals surface area contributed by atoms with Crippen LogP contribution in [0.1, 0.15) is 51.9 Å². The number of amides is 2. The Hall–Kier alpha value is -1.63. The van der Waals surface area contributed by atoms with E-state index in [0.29, 0.717) is 31.4 Å². The molecule has 22 heavy (non-hydrogen) atoms. The van der Waals surface area contributed by atoms with E-state index in [9.17, 15) is 4.79 Å². The average molecular weight is 310 g/mol. The number of aromatic nitrogens is 2. The standard InChI is InChI=1S/C15H26N4O3/c1-10-12(13-17-11(2)18-22-13)19(8-9-21-10)14(20)16-7-6-15(3,4)5/h10,12H,6-9H2,1-5H3,(H,16,20)/t10-,12+/m1/s1. The molecule has 1 aromatic heterocycles. The summed E-state index contributed by atoms with van der Waals surface area (Å²) >= 11 is 0. The summed E-state index contributed by atoms with van der Waals surface area (Å²) in [6, 6.07) is -0.454. The Bertz CT molecular complexity index is 509. The molecule has 0 bridgehead atoms. The number of carbonyl (C=O) groups excluding carboxylic acids is 1. The second-order valence-corrected chi connectivity index (χ2v) is 6.94. The van der Waals surface area contributed by atoms with E-state index >= 15 is 0 Å². The summed E-state index contributed by atoms with van der Waals surface area (Å²) in [5.74, 6) is 0.983. The Morgan fingerprint density at radius 3 is 2.77 bits per heavy atom. The van der Waals surface area contributed by atoms with Crippen molar-refractivity contribution < 1.29 is 14.1 Å². The molecule has 1 aliphatic heterocycles. The molecule has 0 aliphatic carbocycles. The van der Waals surface area contributed by atoms with E-state index in [-0.39, 0.29) is 23.6 Å². The monoisotopic (exact) mass is 310 g/mol. The van der Waals surface area contributed by atoms with Crippen molar-refractivity contribution in [3.63, 3.8) is 0 Å². The predicted octanol–water partition coefficient (Wildman–Crippen LogP) is 2.29. The van der Waals surface area contributed by atoms with E-state index < -0.39 is 0 Å². The summed E-state index contributed by atoms with van der Waals surface area (Å²) < 4.78 is 10.9. The Morgan fingerprint density at radius 1 is 1.45 bits per heavy atom. The number of nitrogens with one attached hydrogen (secondary N) is 1. The highest BCUT2D eigenvalue weighted by Gasteiger charge is 2.37. The number of hydrogen-bond acceptors (Lipinski definition) is 5. The number of hydrogen-bond donors (Lipinski definition) is 1. The fourth-order valence-electron chi connectivity index (χ4n) is 2.46.